The van der Waals surface area contributed by atoms with Crippen LogP contribution in [0.1, 0.15) is 30.9 Å². The number of nitrogens with one attached hydrogen (secondary N) is 1. The van der Waals surface area contributed by atoms with E-state index in [0.717, 1.165) is 24.0 Å². The molecule has 1 amide bonds. The summed E-state index contributed by atoms with van der Waals surface area (Å²) < 4.78 is 27.1. The molecule has 0 spiro atoms. The molecule has 1 aliphatic heterocycles. The van der Waals surface area contributed by atoms with E-state index in [-0.39, 0.29) is 17.2 Å². The van der Waals surface area contributed by atoms with Gasteiger partial charge in [-0.15, -0.1) is 0 Å². The largest absolute Gasteiger partial charge is 0.326 e. The lowest BCUT2D eigenvalue weighted by Crippen LogP contribution is -2.39. The molecule has 1 aliphatic rings. The van der Waals surface area contributed by atoms with Crippen molar-refractivity contribution >= 4 is 21.6 Å². The number of aryl methyl sites for hydroxylation is 1. The van der Waals surface area contributed by atoms with Crippen LogP contribution in [-0.4, -0.2) is 31.7 Å². The quantitative estimate of drug-likeness (QED) is 0.854. The summed E-state index contributed by atoms with van der Waals surface area (Å²) in [7, 11) is -3.47. The predicted molar refractivity (Wildman–Crippen MR) is 107 cm³/mol. The summed E-state index contributed by atoms with van der Waals surface area (Å²) in [5.74, 6) is 0.258. The molecule has 1 N–H and O–H groups in total. The number of nitrogens with zero attached hydrogens (tertiary/aromatic N) is 1. The lowest BCUT2D eigenvalue weighted by Gasteiger charge is -2.30. The summed E-state index contributed by atoms with van der Waals surface area (Å²) >= 11 is 0. The van der Waals surface area contributed by atoms with Crippen LogP contribution in [0.3, 0.4) is 0 Å². The molecule has 0 radical (unpaired) electrons. The molecule has 0 aromatic heterocycles. The first kappa shape index (κ1) is 19.6. The molecule has 0 aliphatic carbocycles. The Morgan fingerprint density at radius 2 is 1.78 bits per heavy atom. The highest BCUT2D eigenvalue weighted by Gasteiger charge is 2.28. The van der Waals surface area contributed by atoms with Crippen LogP contribution in [0.4, 0.5) is 5.69 Å². The van der Waals surface area contributed by atoms with Crippen LogP contribution >= 0.6 is 0 Å². The number of carbonyl (C=O) groups is 1. The third-order valence-corrected chi connectivity index (χ3v) is 6.76. The minimum absolute atomic E-state index is 0.126. The first-order valence-electron chi connectivity index (χ1n) is 9.30. The Labute approximate surface area is 161 Å². The molecule has 27 heavy (non-hydrogen) atoms. The van der Waals surface area contributed by atoms with Crippen molar-refractivity contribution in [2.45, 2.75) is 38.0 Å². The van der Waals surface area contributed by atoms with Gasteiger partial charge in [-0.25, -0.2) is 8.42 Å². The molecule has 1 fully saturated rings. The minimum Gasteiger partial charge on any atom is -0.326 e. The van der Waals surface area contributed by atoms with Gasteiger partial charge in [0.05, 0.1) is 11.3 Å². The summed E-state index contributed by atoms with van der Waals surface area (Å²) in [6.45, 7) is 5.22. The number of sulfonamides is 1. The zero-order chi connectivity index (χ0) is 19.4. The van der Waals surface area contributed by atoms with Gasteiger partial charge in [-0.3, -0.25) is 4.79 Å². The van der Waals surface area contributed by atoms with E-state index in [1.165, 1.54) is 0 Å². The average molecular weight is 387 g/mol. The van der Waals surface area contributed by atoms with Crippen molar-refractivity contribution in [2.75, 3.05) is 18.4 Å². The molecule has 5 nitrogen and oxygen atoms in total. The maximum absolute atomic E-state index is 12.8. The first-order chi connectivity index (χ1) is 12.8. The smallest absolute Gasteiger partial charge is 0.243 e. The van der Waals surface area contributed by atoms with E-state index in [2.05, 4.69) is 12.2 Å². The Bertz CT molecular complexity index is 890. The maximum Gasteiger partial charge on any atom is 0.243 e. The van der Waals surface area contributed by atoms with Gasteiger partial charge >= 0.3 is 0 Å². The van der Waals surface area contributed by atoms with E-state index in [1.54, 1.807) is 28.6 Å². The summed E-state index contributed by atoms with van der Waals surface area (Å²) in [4.78, 5) is 12.5. The van der Waals surface area contributed by atoms with Crippen LogP contribution in [0.2, 0.25) is 0 Å². The van der Waals surface area contributed by atoms with E-state index >= 15 is 0 Å². The van der Waals surface area contributed by atoms with E-state index in [1.807, 2.05) is 31.2 Å². The molecule has 144 valence electrons. The normalized spacial score (nSPS) is 18.2. The fraction of sp³-hybridized carbons (Fsp3) is 0.381. The van der Waals surface area contributed by atoms with Gasteiger partial charge in [-0.05, 0) is 55.5 Å². The zero-order valence-corrected chi connectivity index (χ0v) is 16.6. The number of hydrogen-bond acceptors (Lipinski definition) is 3. The Kier molecular flexibility index (Phi) is 5.97. The number of carbonyl (C=O) groups excluding carboxylic acids is 1. The average Bonchev–Trinajstić information content (AvgIpc) is 2.64. The summed E-state index contributed by atoms with van der Waals surface area (Å²) in [5, 5.41) is 2.82. The SMILES string of the molecule is Cc1ccc(CC(=O)Nc2ccc(S(=O)(=O)N3CCCC(C)C3)cc2)cc1. The molecule has 6 heteroatoms. The molecule has 1 unspecified atom stereocenters. The number of rotatable bonds is 5. The van der Waals surface area contributed by atoms with Crippen molar-refractivity contribution in [3.63, 3.8) is 0 Å². The van der Waals surface area contributed by atoms with Crippen LogP contribution < -0.4 is 5.32 Å². The van der Waals surface area contributed by atoms with Crippen molar-refractivity contribution in [2.24, 2.45) is 5.92 Å². The van der Waals surface area contributed by atoms with Crippen molar-refractivity contribution in [3.8, 4) is 0 Å². The second-order valence-electron chi connectivity index (χ2n) is 7.35. The molecule has 0 bridgehead atoms. The van der Waals surface area contributed by atoms with Crippen molar-refractivity contribution < 1.29 is 13.2 Å². The third kappa shape index (κ3) is 4.96. The Morgan fingerprint density at radius 3 is 2.41 bits per heavy atom. The fourth-order valence-electron chi connectivity index (χ4n) is 3.32. The van der Waals surface area contributed by atoms with Gasteiger partial charge in [-0.2, -0.15) is 4.31 Å². The Hall–Kier alpha value is -2.18. The van der Waals surface area contributed by atoms with Crippen LogP contribution in [0.15, 0.2) is 53.4 Å². The van der Waals surface area contributed by atoms with Gasteiger partial charge in [0.25, 0.3) is 0 Å². The topological polar surface area (TPSA) is 66.5 Å². The van der Waals surface area contributed by atoms with Gasteiger partial charge in [0.15, 0.2) is 0 Å². The fourth-order valence-corrected chi connectivity index (χ4v) is 4.92. The highest BCUT2D eigenvalue weighted by atomic mass is 32.2. The molecular weight excluding hydrogens is 360 g/mol. The standard InChI is InChI=1S/C21H26N2O3S/c1-16-5-7-18(8-6-16)14-21(24)22-19-9-11-20(12-10-19)27(25,26)23-13-3-4-17(2)15-23/h5-12,17H,3-4,13-15H2,1-2H3,(H,22,24). The second kappa shape index (κ2) is 8.23. The Morgan fingerprint density at radius 1 is 1.11 bits per heavy atom. The van der Waals surface area contributed by atoms with Gasteiger partial charge < -0.3 is 5.32 Å². The van der Waals surface area contributed by atoms with Gasteiger partial charge in [-0.1, -0.05) is 36.8 Å². The monoisotopic (exact) mass is 386 g/mol. The predicted octanol–water partition coefficient (Wildman–Crippen LogP) is 3.60. The summed E-state index contributed by atoms with van der Waals surface area (Å²) in [5.41, 5.74) is 2.69. The third-order valence-electron chi connectivity index (χ3n) is 4.88. The van der Waals surface area contributed by atoms with E-state index < -0.39 is 10.0 Å². The lowest BCUT2D eigenvalue weighted by molar-refractivity contribution is -0.115. The van der Waals surface area contributed by atoms with Gasteiger partial charge in [0, 0.05) is 18.8 Å². The minimum atomic E-state index is -3.47. The zero-order valence-electron chi connectivity index (χ0n) is 15.8. The van der Waals surface area contributed by atoms with Crippen LogP contribution in [0, 0.1) is 12.8 Å². The number of anilines is 1. The first-order valence-corrected chi connectivity index (χ1v) is 10.7. The number of hydrogen-bond donors (Lipinski definition) is 1. The number of benzene rings is 2. The highest BCUT2D eigenvalue weighted by molar-refractivity contribution is 7.89. The molecule has 3 rings (SSSR count). The van der Waals surface area contributed by atoms with E-state index in [0.29, 0.717) is 24.7 Å². The molecule has 1 heterocycles. The van der Waals surface area contributed by atoms with Crippen LogP contribution in [0.5, 0.6) is 0 Å². The van der Waals surface area contributed by atoms with E-state index in [9.17, 15) is 13.2 Å². The van der Waals surface area contributed by atoms with Gasteiger partial charge in [0.2, 0.25) is 15.9 Å². The van der Waals surface area contributed by atoms with Crippen molar-refractivity contribution in [1.82, 2.24) is 4.31 Å². The highest BCUT2D eigenvalue weighted by Crippen LogP contribution is 2.24. The summed E-state index contributed by atoms with van der Waals surface area (Å²) in [6, 6.07) is 14.2. The van der Waals surface area contributed by atoms with Crippen LogP contribution in [0.25, 0.3) is 0 Å². The molecular formula is C21H26N2O3S. The second-order valence-corrected chi connectivity index (χ2v) is 9.28. The molecule has 1 atom stereocenters. The molecule has 2 aromatic rings. The molecule has 2 aromatic carbocycles. The summed E-state index contributed by atoms with van der Waals surface area (Å²) in [6.07, 6.45) is 2.25. The number of piperidine rings is 1. The number of amides is 1. The van der Waals surface area contributed by atoms with Gasteiger partial charge in [0.1, 0.15) is 0 Å². The molecule has 0 saturated carbocycles. The van der Waals surface area contributed by atoms with Crippen molar-refractivity contribution in [3.05, 3.63) is 59.7 Å². The Balaban J connectivity index is 1.64. The maximum atomic E-state index is 12.8. The van der Waals surface area contributed by atoms with Crippen LogP contribution in [-0.2, 0) is 21.2 Å². The van der Waals surface area contributed by atoms with E-state index in [4.69, 9.17) is 0 Å². The molecule has 1 saturated heterocycles. The van der Waals surface area contributed by atoms with Crippen molar-refractivity contribution in [1.29, 1.82) is 0 Å². The lowest BCUT2D eigenvalue weighted by atomic mass is 10.0.